The maximum atomic E-state index is 13.1. The molecule has 34 heavy (non-hydrogen) atoms. The van der Waals surface area contributed by atoms with Gasteiger partial charge in [-0.2, -0.15) is 0 Å². The fourth-order valence-electron chi connectivity index (χ4n) is 3.41. The summed E-state index contributed by atoms with van der Waals surface area (Å²) in [6, 6.07) is 19.0. The predicted molar refractivity (Wildman–Crippen MR) is 133 cm³/mol. The van der Waals surface area contributed by atoms with E-state index in [2.05, 4.69) is 4.98 Å². The molecule has 0 saturated heterocycles. The first-order chi connectivity index (χ1) is 16.3. The molecular weight excluding hydrogens is 455 g/mol. The number of likely N-dealkylation sites (N-methyl/N-ethyl adjacent to an activating group) is 1. The van der Waals surface area contributed by atoms with E-state index in [0.29, 0.717) is 0 Å². The zero-order valence-corrected chi connectivity index (χ0v) is 19.0. The average molecular weight is 477 g/mol. The molecule has 0 radical (unpaired) electrons. The Morgan fingerprint density at radius 3 is 2.50 bits per heavy atom. The number of nitrogens with two attached hydrogens (primary N) is 1. The molecule has 2 heterocycles. The molecule has 0 spiro atoms. The Hall–Kier alpha value is -4.24. The number of hydrogen-bond donors (Lipinski definition) is 2. The third-order valence-corrected chi connectivity index (χ3v) is 6.31. The summed E-state index contributed by atoms with van der Waals surface area (Å²) >= 11 is 1.44. The quantitative estimate of drug-likeness (QED) is 0.414. The van der Waals surface area contributed by atoms with Gasteiger partial charge in [0.05, 0.1) is 6.54 Å². The highest BCUT2D eigenvalue weighted by atomic mass is 32.1. The van der Waals surface area contributed by atoms with Gasteiger partial charge in [0.2, 0.25) is 0 Å². The molecule has 0 aliphatic rings. The number of hydrogen-bond acceptors (Lipinski definition) is 5. The summed E-state index contributed by atoms with van der Waals surface area (Å²) in [5.74, 6) is -0.895. The Kier molecular flexibility index (Phi) is 6.55. The molecule has 3 N–H and O–H groups in total. The summed E-state index contributed by atoms with van der Waals surface area (Å²) in [6.07, 6.45) is 2.95. The standard InChI is InChI=1S/C25H21FN4O3S/c1-29(21(31)14-12-19-11-13-20(34-19)17-7-9-18(26)10-8-17)22-23(27)30(25(33)28-24(22)32)15-16-5-3-2-4-6-16/h2-14H,15,27H2,1H3,(H,28,32,33)/b14-12+. The molecule has 172 valence electrons. The highest BCUT2D eigenvalue weighted by Crippen LogP contribution is 2.29. The summed E-state index contributed by atoms with van der Waals surface area (Å²) in [5, 5.41) is 0. The summed E-state index contributed by atoms with van der Waals surface area (Å²) in [4.78, 5) is 42.7. The van der Waals surface area contributed by atoms with Gasteiger partial charge in [0.1, 0.15) is 11.6 Å². The third-order valence-electron chi connectivity index (χ3n) is 5.21. The number of H-pyrrole nitrogens is 1. The van der Waals surface area contributed by atoms with Crippen molar-refractivity contribution < 1.29 is 9.18 Å². The van der Waals surface area contributed by atoms with E-state index in [4.69, 9.17) is 5.73 Å². The second-order valence-corrected chi connectivity index (χ2v) is 8.62. The second kappa shape index (κ2) is 9.72. The number of rotatable bonds is 6. The summed E-state index contributed by atoms with van der Waals surface area (Å²) in [7, 11) is 1.42. The summed E-state index contributed by atoms with van der Waals surface area (Å²) < 4.78 is 14.4. The van der Waals surface area contributed by atoms with Crippen molar-refractivity contribution in [1.82, 2.24) is 9.55 Å². The number of nitrogens with zero attached hydrogens (tertiary/aromatic N) is 2. The number of halogens is 1. The Balaban J connectivity index is 1.56. The number of aromatic nitrogens is 2. The third kappa shape index (κ3) is 4.89. The first-order valence-electron chi connectivity index (χ1n) is 10.3. The molecule has 0 atom stereocenters. The highest BCUT2D eigenvalue weighted by molar-refractivity contribution is 7.16. The SMILES string of the molecule is CN(C(=O)/C=C/c1ccc(-c2ccc(F)cc2)s1)c1c(N)n(Cc2ccccc2)c(=O)[nH]c1=O. The molecular formula is C25H21FN4O3S. The minimum absolute atomic E-state index is 0.100. The molecule has 9 heteroatoms. The van der Waals surface area contributed by atoms with Crippen molar-refractivity contribution in [2.75, 3.05) is 17.7 Å². The van der Waals surface area contributed by atoms with Crippen molar-refractivity contribution in [3.63, 3.8) is 0 Å². The number of aromatic amines is 1. The largest absolute Gasteiger partial charge is 0.383 e. The molecule has 4 rings (SSSR count). The molecule has 2 aromatic heterocycles. The van der Waals surface area contributed by atoms with E-state index in [9.17, 15) is 18.8 Å². The predicted octanol–water partition coefficient (Wildman–Crippen LogP) is 3.71. The lowest BCUT2D eigenvalue weighted by Crippen LogP contribution is -2.39. The van der Waals surface area contributed by atoms with Gasteiger partial charge >= 0.3 is 5.69 Å². The van der Waals surface area contributed by atoms with Gasteiger partial charge in [-0.1, -0.05) is 42.5 Å². The van der Waals surface area contributed by atoms with Crippen LogP contribution in [0.2, 0.25) is 0 Å². The van der Waals surface area contributed by atoms with E-state index in [-0.39, 0.29) is 23.9 Å². The summed E-state index contributed by atoms with van der Waals surface area (Å²) in [5.41, 5.74) is 6.34. The van der Waals surface area contributed by atoms with Gasteiger partial charge in [-0.15, -0.1) is 11.3 Å². The van der Waals surface area contributed by atoms with E-state index in [0.717, 1.165) is 25.8 Å². The number of amides is 1. The van der Waals surface area contributed by atoms with Crippen molar-refractivity contribution in [1.29, 1.82) is 0 Å². The van der Waals surface area contributed by atoms with Gasteiger partial charge in [-0.05, 0) is 41.5 Å². The lowest BCUT2D eigenvalue weighted by Gasteiger charge is -2.19. The minimum atomic E-state index is -0.745. The molecule has 7 nitrogen and oxygen atoms in total. The maximum absolute atomic E-state index is 13.1. The van der Waals surface area contributed by atoms with Gasteiger partial charge in [-0.3, -0.25) is 19.1 Å². The molecule has 0 saturated carbocycles. The molecule has 0 unspecified atom stereocenters. The van der Waals surface area contributed by atoms with Crippen LogP contribution in [0.15, 0.2) is 82.4 Å². The molecule has 4 aromatic rings. The Morgan fingerprint density at radius 1 is 1.09 bits per heavy atom. The Labute approximate surface area is 198 Å². The van der Waals surface area contributed by atoms with Crippen LogP contribution in [0, 0.1) is 5.82 Å². The van der Waals surface area contributed by atoms with Crippen molar-refractivity contribution in [3.05, 3.63) is 110 Å². The van der Waals surface area contributed by atoms with Crippen LogP contribution < -0.4 is 21.9 Å². The highest BCUT2D eigenvalue weighted by Gasteiger charge is 2.19. The van der Waals surface area contributed by atoms with Crippen molar-refractivity contribution in [2.24, 2.45) is 0 Å². The first-order valence-corrected chi connectivity index (χ1v) is 11.1. The second-order valence-electron chi connectivity index (χ2n) is 7.50. The fraction of sp³-hybridized carbons (Fsp3) is 0.0800. The number of thiophene rings is 1. The van der Waals surface area contributed by atoms with Gasteiger partial charge in [0, 0.05) is 22.9 Å². The molecule has 2 aromatic carbocycles. The zero-order valence-electron chi connectivity index (χ0n) is 18.2. The lowest BCUT2D eigenvalue weighted by atomic mass is 10.2. The van der Waals surface area contributed by atoms with Crippen molar-refractivity contribution in [2.45, 2.75) is 6.54 Å². The number of anilines is 2. The van der Waals surface area contributed by atoms with Gasteiger partial charge in [0.25, 0.3) is 11.5 Å². The van der Waals surface area contributed by atoms with Gasteiger partial charge in [0.15, 0.2) is 5.69 Å². The van der Waals surface area contributed by atoms with E-state index < -0.39 is 17.2 Å². The van der Waals surface area contributed by atoms with Crippen LogP contribution in [0.3, 0.4) is 0 Å². The van der Waals surface area contributed by atoms with Crippen LogP contribution in [0.5, 0.6) is 0 Å². The van der Waals surface area contributed by atoms with Crippen LogP contribution >= 0.6 is 11.3 Å². The van der Waals surface area contributed by atoms with Gasteiger partial charge in [-0.25, -0.2) is 9.18 Å². The number of carbonyl (C=O) groups is 1. The molecule has 0 aliphatic heterocycles. The molecule has 0 fully saturated rings. The van der Waals surface area contributed by atoms with Crippen LogP contribution in [-0.2, 0) is 11.3 Å². The van der Waals surface area contributed by atoms with Crippen LogP contribution in [0.1, 0.15) is 10.4 Å². The maximum Gasteiger partial charge on any atom is 0.330 e. The van der Waals surface area contributed by atoms with E-state index in [1.807, 2.05) is 42.5 Å². The van der Waals surface area contributed by atoms with Crippen LogP contribution in [-0.4, -0.2) is 22.5 Å². The number of nitrogen functional groups attached to an aromatic ring is 1. The Morgan fingerprint density at radius 2 is 1.79 bits per heavy atom. The molecule has 0 bridgehead atoms. The molecule has 0 aliphatic carbocycles. The lowest BCUT2D eigenvalue weighted by molar-refractivity contribution is -0.113. The summed E-state index contributed by atoms with van der Waals surface area (Å²) in [6.45, 7) is 0.147. The number of benzene rings is 2. The van der Waals surface area contributed by atoms with E-state index in [1.54, 1.807) is 18.2 Å². The average Bonchev–Trinajstić information content (AvgIpc) is 3.30. The van der Waals surface area contributed by atoms with Crippen molar-refractivity contribution >= 4 is 34.8 Å². The normalized spacial score (nSPS) is 11.1. The topological polar surface area (TPSA) is 101 Å². The Bertz CT molecular complexity index is 1470. The minimum Gasteiger partial charge on any atom is -0.383 e. The van der Waals surface area contributed by atoms with E-state index in [1.165, 1.54) is 41.2 Å². The van der Waals surface area contributed by atoms with Crippen LogP contribution in [0.4, 0.5) is 15.9 Å². The number of carbonyl (C=O) groups excluding carboxylic acids is 1. The smallest absolute Gasteiger partial charge is 0.330 e. The van der Waals surface area contributed by atoms with Crippen LogP contribution in [0.25, 0.3) is 16.5 Å². The zero-order chi connectivity index (χ0) is 24.2. The van der Waals surface area contributed by atoms with E-state index >= 15 is 0 Å². The number of nitrogens with one attached hydrogen (secondary N) is 1. The monoisotopic (exact) mass is 476 g/mol. The first kappa shape index (κ1) is 22.9. The molecule has 1 amide bonds. The fourth-order valence-corrected chi connectivity index (χ4v) is 4.33. The van der Waals surface area contributed by atoms with Gasteiger partial charge < -0.3 is 10.6 Å². The van der Waals surface area contributed by atoms with Crippen molar-refractivity contribution in [3.8, 4) is 10.4 Å².